The number of carboxylic acids is 1. The number of hydrogen-bond acceptors (Lipinski definition) is 5. The van der Waals surface area contributed by atoms with E-state index in [9.17, 15) is 19.5 Å². The lowest BCUT2D eigenvalue weighted by atomic mass is 10.0. The molecule has 0 aliphatic carbocycles. The molecule has 3 aromatic rings. The molecule has 0 aliphatic heterocycles. The number of amides is 2. The number of nitrogens with one attached hydrogen (secondary N) is 3. The molecule has 8 nitrogen and oxygen atoms in total. The summed E-state index contributed by atoms with van der Waals surface area (Å²) in [7, 11) is 0. The van der Waals surface area contributed by atoms with Gasteiger partial charge in [0.2, 0.25) is 11.8 Å². The molecule has 3 rings (SSSR count). The van der Waals surface area contributed by atoms with Gasteiger partial charge < -0.3 is 26.5 Å². The second-order valence-electron chi connectivity index (χ2n) is 8.10. The van der Waals surface area contributed by atoms with Gasteiger partial charge in [0.05, 0.1) is 6.04 Å². The molecule has 0 spiro atoms. The van der Waals surface area contributed by atoms with Gasteiger partial charge in [-0.05, 0) is 42.0 Å². The van der Waals surface area contributed by atoms with Crippen LogP contribution in [0.5, 0.6) is 0 Å². The summed E-state index contributed by atoms with van der Waals surface area (Å²) in [6, 6.07) is 14.1. The number of carbonyl (C=O) groups excluding carboxylic acids is 2. The number of carboxylic acid groups (broad SMARTS) is 1. The minimum Gasteiger partial charge on any atom is -0.480 e. The van der Waals surface area contributed by atoms with Crippen molar-refractivity contribution in [1.29, 1.82) is 0 Å². The van der Waals surface area contributed by atoms with Crippen molar-refractivity contribution in [3.63, 3.8) is 0 Å². The molecule has 0 fully saturated rings. The number of aromatic amines is 1. The first kappa shape index (κ1) is 25.3. The molecule has 9 heteroatoms. The van der Waals surface area contributed by atoms with Gasteiger partial charge in [0.1, 0.15) is 12.1 Å². The summed E-state index contributed by atoms with van der Waals surface area (Å²) in [4.78, 5) is 40.8. The van der Waals surface area contributed by atoms with Crippen LogP contribution in [0.15, 0.2) is 60.8 Å². The lowest BCUT2D eigenvalue weighted by Gasteiger charge is -2.23. The summed E-state index contributed by atoms with van der Waals surface area (Å²) in [5.41, 5.74) is 8.67. The van der Waals surface area contributed by atoms with E-state index in [1.54, 1.807) is 6.20 Å². The normalized spacial score (nSPS) is 13.7. The molecule has 3 atom stereocenters. The highest BCUT2D eigenvalue weighted by Crippen LogP contribution is 2.19. The number of hydrogen-bond donors (Lipinski definition) is 5. The zero-order valence-electron chi connectivity index (χ0n) is 19.0. The third-order valence-corrected chi connectivity index (χ3v) is 6.24. The van der Waals surface area contributed by atoms with Crippen LogP contribution >= 0.6 is 11.8 Å². The number of H-pyrrole nitrogens is 1. The van der Waals surface area contributed by atoms with Gasteiger partial charge in [-0.2, -0.15) is 11.8 Å². The summed E-state index contributed by atoms with van der Waals surface area (Å²) in [6.45, 7) is 0. The Kier molecular flexibility index (Phi) is 9.12. The van der Waals surface area contributed by atoms with Crippen molar-refractivity contribution < 1.29 is 19.5 Å². The molecule has 34 heavy (non-hydrogen) atoms. The van der Waals surface area contributed by atoms with Crippen molar-refractivity contribution in [3.05, 3.63) is 71.9 Å². The molecular formula is C25H30N4O4S. The van der Waals surface area contributed by atoms with E-state index in [1.165, 1.54) is 11.8 Å². The standard InChI is InChI=1S/C25H30N4O4S/c1-34-12-11-21(28-23(30)19(26)13-16-7-3-2-4-8-16)24(31)29-22(25(32)33)14-17-15-27-20-10-6-5-9-18(17)20/h2-10,15,19,21-22,27H,11-14,26H2,1H3,(H,28,30)(H,29,31)(H,32,33)/t19-,21-,22-/m0/s1. The van der Waals surface area contributed by atoms with Crippen molar-refractivity contribution in [1.82, 2.24) is 15.6 Å². The fraction of sp³-hybridized carbons (Fsp3) is 0.320. The van der Waals surface area contributed by atoms with E-state index in [1.807, 2.05) is 60.9 Å². The second-order valence-corrected chi connectivity index (χ2v) is 9.09. The van der Waals surface area contributed by atoms with Crippen molar-refractivity contribution >= 4 is 40.4 Å². The molecule has 6 N–H and O–H groups in total. The minimum atomic E-state index is -1.14. The SMILES string of the molecule is CSCC[C@H](NC(=O)[C@@H](N)Cc1ccccc1)C(=O)N[C@@H](Cc1c[nH]c2ccccc12)C(=O)O. The van der Waals surface area contributed by atoms with Crippen LogP contribution in [0.1, 0.15) is 17.5 Å². The molecule has 0 saturated carbocycles. The Bertz CT molecular complexity index is 1120. The average molecular weight is 483 g/mol. The largest absolute Gasteiger partial charge is 0.480 e. The third-order valence-electron chi connectivity index (χ3n) is 5.59. The number of aromatic nitrogens is 1. The van der Waals surface area contributed by atoms with Gasteiger partial charge in [0.15, 0.2) is 0 Å². The first-order chi connectivity index (χ1) is 16.4. The van der Waals surface area contributed by atoms with E-state index >= 15 is 0 Å². The number of nitrogens with two attached hydrogens (primary N) is 1. The average Bonchev–Trinajstić information content (AvgIpc) is 3.24. The molecule has 0 radical (unpaired) electrons. The smallest absolute Gasteiger partial charge is 0.326 e. The molecular weight excluding hydrogens is 452 g/mol. The van der Waals surface area contributed by atoms with Crippen molar-refractivity contribution in [2.45, 2.75) is 37.4 Å². The molecule has 2 amide bonds. The Labute approximate surface area is 202 Å². The summed E-state index contributed by atoms with van der Waals surface area (Å²) in [5.74, 6) is -1.52. The maximum Gasteiger partial charge on any atom is 0.326 e. The number of aliphatic carboxylic acids is 1. The number of carbonyl (C=O) groups is 3. The molecule has 0 aliphatic rings. The van der Waals surface area contributed by atoms with Crippen LogP contribution in [0.25, 0.3) is 10.9 Å². The van der Waals surface area contributed by atoms with Crippen LogP contribution in [0.2, 0.25) is 0 Å². The van der Waals surface area contributed by atoms with Crippen LogP contribution in [-0.4, -0.2) is 58.0 Å². The van der Waals surface area contributed by atoms with E-state index in [0.29, 0.717) is 18.6 Å². The molecule has 1 heterocycles. The summed E-state index contributed by atoms with van der Waals surface area (Å²) < 4.78 is 0. The van der Waals surface area contributed by atoms with Crippen LogP contribution < -0.4 is 16.4 Å². The van der Waals surface area contributed by atoms with Gasteiger partial charge in [-0.25, -0.2) is 4.79 Å². The Balaban J connectivity index is 1.67. The lowest BCUT2D eigenvalue weighted by molar-refractivity contribution is -0.142. The number of para-hydroxylation sites is 1. The number of benzene rings is 2. The lowest BCUT2D eigenvalue weighted by Crippen LogP contribution is -2.55. The third kappa shape index (κ3) is 6.85. The number of fused-ring (bicyclic) bond motifs is 1. The first-order valence-electron chi connectivity index (χ1n) is 11.1. The Morgan fingerprint density at radius 3 is 2.35 bits per heavy atom. The van der Waals surface area contributed by atoms with Gasteiger partial charge in [0.25, 0.3) is 0 Å². The zero-order valence-corrected chi connectivity index (χ0v) is 19.8. The van der Waals surface area contributed by atoms with E-state index in [-0.39, 0.29) is 6.42 Å². The summed E-state index contributed by atoms with van der Waals surface area (Å²) in [5, 5.41) is 16.0. The summed E-state index contributed by atoms with van der Waals surface area (Å²) >= 11 is 1.53. The van der Waals surface area contributed by atoms with Crippen molar-refractivity contribution in [2.24, 2.45) is 5.73 Å². The second kappa shape index (κ2) is 12.2. The molecule has 1 aromatic heterocycles. The minimum absolute atomic E-state index is 0.113. The van der Waals surface area contributed by atoms with Crippen molar-refractivity contribution in [2.75, 3.05) is 12.0 Å². The van der Waals surface area contributed by atoms with E-state index in [0.717, 1.165) is 22.0 Å². The van der Waals surface area contributed by atoms with Gasteiger partial charge in [-0.1, -0.05) is 48.5 Å². The monoisotopic (exact) mass is 482 g/mol. The maximum absolute atomic E-state index is 13.0. The molecule has 0 saturated heterocycles. The van der Waals surface area contributed by atoms with Crippen LogP contribution in [0.4, 0.5) is 0 Å². The highest BCUT2D eigenvalue weighted by molar-refractivity contribution is 7.98. The molecule has 180 valence electrons. The Hall–Kier alpha value is -3.30. The molecule has 2 aromatic carbocycles. The first-order valence-corrected chi connectivity index (χ1v) is 12.5. The van der Waals surface area contributed by atoms with E-state index in [2.05, 4.69) is 15.6 Å². The van der Waals surface area contributed by atoms with E-state index < -0.39 is 35.9 Å². The fourth-order valence-electron chi connectivity index (χ4n) is 3.74. The van der Waals surface area contributed by atoms with Crippen LogP contribution in [0, 0.1) is 0 Å². The quantitative estimate of drug-likeness (QED) is 0.268. The number of thioether (sulfide) groups is 1. The number of rotatable bonds is 12. The topological polar surface area (TPSA) is 137 Å². The van der Waals surface area contributed by atoms with Gasteiger partial charge in [0, 0.05) is 23.5 Å². The fourth-order valence-corrected chi connectivity index (χ4v) is 4.21. The Morgan fingerprint density at radius 1 is 0.971 bits per heavy atom. The van der Waals surface area contributed by atoms with Gasteiger partial charge in [-0.15, -0.1) is 0 Å². The highest BCUT2D eigenvalue weighted by atomic mass is 32.2. The molecule has 0 bridgehead atoms. The molecule has 0 unspecified atom stereocenters. The summed E-state index contributed by atoms with van der Waals surface area (Å²) in [6.07, 6.45) is 4.46. The Morgan fingerprint density at radius 2 is 1.65 bits per heavy atom. The zero-order chi connectivity index (χ0) is 24.5. The van der Waals surface area contributed by atoms with Gasteiger partial charge >= 0.3 is 5.97 Å². The van der Waals surface area contributed by atoms with Crippen LogP contribution in [0.3, 0.4) is 0 Å². The highest BCUT2D eigenvalue weighted by Gasteiger charge is 2.28. The van der Waals surface area contributed by atoms with E-state index in [4.69, 9.17) is 5.73 Å². The maximum atomic E-state index is 13.0. The predicted molar refractivity (Wildman–Crippen MR) is 135 cm³/mol. The van der Waals surface area contributed by atoms with Crippen molar-refractivity contribution in [3.8, 4) is 0 Å². The van der Waals surface area contributed by atoms with Gasteiger partial charge in [-0.3, -0.25) is 9.59 Å². The van der Waals surface area contributed by atoms with Crippen LogP contribution in [-0.2, 0) is 27.2 Å². The predicted octanol–water partition coefficient (Wildman–Crippen LogP) is 2.09.